The van der Waals surface area contributed by atoms with E-state index in [9.17, 15) is 39.9 Å². The number of phenolic OH excluding ortho intramolecular Hbond substituents is 4. The van der Waals surface area contributed by atoms with Gasteiger partial charge in [0.2, 0.25) is 5.78 Å². The zero-order valence-electron chi connectivity index (χ0n) is 16.2. The quantitative estimate of drug-likeness (QED) is 0.291. The van der Waals surface area contributed by atoms with E-state index in [1.54, 1.807) is 0 Å². The van der Waals surface area contributed by atoms with Crippen LogP contribution in [0, 0.1) is 0 Å². The van der Waals surface area contributed by atoms with Crippen LogP contribution < -0.4 is 0 Å². The van der Waals surface area contributed by atoms with Crippen molar-refractivity contribution >= 4 is 28.1 Å². The van der Waals surface area contributed by atoms with E-state index in [4.69, 9.17) is 0 Å². The minimum atomic E-state index is -1.31. The van der Waals surface area contributed by atoms with Crippen LogP contribution in [0.3, 0.4) is 0 Å². The first-order chi connectivity index (χ1) is 14.5. The fourth-order valence-electron chi connectivity index (χ4n) is 4.69. The van der Waals surface area contributed by atoms with E-state index in [2.05, 4.69) is 0 Å². The Hall–Kier alpha value is -3.91. The standard InChI is InChI=1S/C23H16O8/c1-23(31)6-8-2-13(25)17-10(16(8)15(27)7-23)5-12-19(21(17)29)22(30)18-11(20(12)28)3-9(24)4-14(18)26/h2-5,24-26,29,31H,6-7H2,1H3. The van der Waals surface area contributed by atoms with Gasteiger partial charge in [-0.15, -0.1) is 0 Å². The van der Waals surface area contributed by atoms with Crippen LogP contribution in [0.25, 0.3) is 10.8 Å². The fourth-order valence-corrected chi connectivity index (χ4v) is 4.69. The summed E-state index contributed by atoms with van der Waals surface area (Å²) in [6.07, 6.45) is -0.109. The Kier molecular flexibility index (Phi) is 3.59. The van der Waals surface area contributed by atoms with Crippen molar-refractivity contribution < 1.29 is 39.9 Å². The number of aromatic hydroxyl groups is 4. The molecule has 0 radical (unpaired) electrons. The van der Waals surface area contributed by atoms with Crippen LogP contribution in [0.5, 0.6) is 23.0 Å². The molecule has 0 aliphatic heterocycles. The van der Waals surface area contributed by atoms with Crippen molar-refractivity contribution in [2.75, 3.05) is 0 Å². The van der Waals surface area contributed by atoms with Crippen LogP contribution in [0.2, 0.25) is 0 Å². The molecule has 8 heteroatoms. The summed E-state index contributed by atoms with van der Waals surface area (Å²) in [5.41, 5.74) is -2.02. The van der Waals surface area contributed by atoms with E-state index in [0.29, 0.717) is 5.56 Å². The lowest BCUT2D eigenvalue weighted by Gasteiger charge is -2.30. The fraction of sp³-hybridized carbons (Fsp3) is 0.174. The first-order valence-electron chi connectivity index (χ1n) is 9.45. The number of ketones is 3. The summed E-state index contributed by atoms with van der Waals surface area (Å²) < 4.78 is 0. The molecule has 5 rings (SSSR count). The number of carbonyl (C=O) groups is 3. The van der Waals surface area contributed by atoms with Gasteiger partial charge in [0.1, 0.15) is 23.0 Å². The second kappa shape index (κ2) is 5.83. The Labute approximate surface area is 174 Å². The third-order valence-electron chi connectivity index (χ3n) is 5.90. The molecule has 0 saturated carbocycles. The van der Waals surface area contributed by atoms with Crippen molar-refractivity contribution in [1.82, 2.24) is 0 Å². The lowest BCUT2D eigenvalue weighted by atomic mass is 9.76. The highest BCUT2D eigenvalue weighted by atomic mass is 16.3. The van der Waals surface area contributed by atoms with Crippen molar-refractivity contribution in [2.24, 2.45) is 0 Å². The van der Waals surface area contributed by atoms with Crippen LogP contribution in [0.1, 0.15) is 61.1 Å². The molecule has 3 aromatic rings. The van der Waals surface area contributed by atoms with Gasteiger partial charge in [0.15, 0.2) is 11.6 Å². The van der Waals surface area contributed by atoms with Crippen LogP contribution in [-0.2, 0) is 6.42 Å². The highest BCUT2D eigenvalue weighted by Gasteiger charge is 2.39. The molecule has 2 aliphatic rings. The van der Waals surface area contributed by atoms with Crippen LogP contribution >= 0.6 is 0 Å². The molecule has 0 saturated heterocycles. The van der Waals surface area contributed by atoms with Gasteiger partial charge in [-0.1, -0.05) is 0 Å². The molecule has 2 aliphatic carbocycles. The van der Waals surface area contributed by atoms with Gasteiger partial charge in [0.05, 0.1) is 22.1 Å². The maximum atomic E-state index is 13.1. The number of phenols is 4. The zero-order valence-corrected chi connectivity index (χ0v) is 16.2. The third-order valence-corrected chi connectivity index (χ3v) is 5.90. The van der Waals surface area contributed by atoms with E-state index in [1.807, 2.05) is 0 Å². The number of benzene rings is 3. The predicted octanol–water partition coefficient (Wildman–Crippen LogP) is 2.32. The van der Waals surface area contributed by atoms with Gasteiger partial charge in [-0.25, -0.2) is 0 Å². The molecule has 0 bridgehead atoms. The highest BCUT2D eigenvalue weighted by Crippen LogP contribution is 2.47. The normalized spacial score (nSPS) is 19.9. The topological polar surface area (TPSA) is 152 Å². The maximum Gasteiger partial charge on any atom is 0.201 e. The van der Waals surface area contributed by atoms with Crippen LogP contribution in [-0.4, -0.2) is 48.5 Å². The van der Waals surface area contributed by atoms with E-state index < -0.39 is 51.5 Å². The molecule has 1 atom stereocenters. The molecule has 0 fully saturated rings. The molecule has 156 valence electrons. The number of hydrogen-bond donors (Lipinski definition) is 5. The molecule has 31 heavy (non-hydrogen) atoms. The molecule has 3 aromatic carbocycles. The Bertz CT molecular complexity index is 1400. The second-order valence-electron chi connectivity index (χ2n) is 8.32. The monoisotopic (exact) mass is 420 g/mol. The SMILES string of the molecule is CC1(O)CC(=O)c2c(cc(O)c3c(O)c4c(cc23)C(=O)c2cc(O)cc(O)c2C4=O)C1. The minimum Gasteiger partial charge on any atom is -0.508 e. The van der Waals surface area contributed by atoms with Gasteiger partial charge in [-0.3, -0.25) is 14.4 Å². The summed E-state index contributed by atoms with van der Waals surface area (Å²) in [7, 11) is 0. The molecule has 1 unspecified atom stereocenters. The van der Waals surface area contributed by atoms with Crippen LogP contribution in [0.4, 0.5) is 0 Å². The highest BCUT2D eigenvalue weighted by molar-refractivity contribution is 6.32. The maximum absolute atomic E-state index is 13.1. The summed E-state index contributed by atoms with van der Waals surface area (Å²) in [6.45, 7) is 1.50. The second-order valence-corrected chi connectivity index (χ2v) is 8.32. The third kappa shape index (κ3) is 2.48. The van der Waals surface area contributed by atoms with Gasteiger partial charge in [-0.2, -0.15) is 0 Å². The van der Waals surface area contributed by atoms with Gasteiger partial charge < -0.3 is 25.5 Å². The molecule has 8 nitrogen and oxygen atoms in total. The average Bonchev–Trinajstić information content (AvgIpc) is 2.63. The van der Waals surface area contributed by atoms with E-state index >= 15 is 0 Å². The largest absolute Gasteiger partial charge is 0.508 e. The van der Waals surface area contributed by atoms with Crippen LogP contribution in [0.15, 0.2) is 24.3 Å². The van der Waals surface area contributed by atoms with Gasteiger partial charge in [0, 0.05) is 41.0 Å². The number of rotatable bonds is 0. The Morgan fingerprint density at radius 3 is 2.16 bits per heavy atom. The summed E-state index contributed by atoms with van der Waals surface area (Å²) >= 11 is 0. The molecule has 0 heterocycles. The van der Waals surface area contributed by atoms with Crippen molar-refractivity contribution in [2.45, 2.75) is 25.4 Å². The average molecular weight is 420 g/mol. The van der Waals surface area contributed by atoms with Gasteiger partial charge >= 0.3 is 0 Å². The summed E-state index contributed by atoms with van der Waals surface area (Å²) in [4.78, 5) is 39.0. The molecule has 0 aromatic heterocycles. The molecule has 5 N–H and O–H groups in total. The smallest absolute Gasteiger partial charge is 0.201 e. The number of hydrogen-bond acceptors (Lipinski definition) is 8. The lowest BCUT2D eigenvalue weighted by molar-refractivity contribution is 0.0413. The molecule has 0 amide bonds. The van der Waals surface area contributed by atoms with E-state index in [0.717, 1.165) is 12.1 Å². The zero-order chi connectivity index (χ0) is 22.4. The first kappa shape index (κ1) is 19.1. The Balaban J connectivity index is 1.89. The lowest BCUT2D eigenvalue weighted by Crippen LogP contribution is -2.35. The first-order valence-corrected chi connectivity index (χ1v) is 9.45. The molecule has 0 spiro atoms. The van der Waals surface area contributed by atoms with Gasteiger partial charge in [-0.05, 0) is 30.7 Å². The molecular formula is C23H16O8. The number of aliphatic hydroxyl groups is 1. The summed E-state index contributed by atoms with van der Waals surface area (Å²) in [5.74, 6) is -4.16. The van der Waals surface area contributed by atoms with Crippen molar-refractivity contribution in [3.8, 4) is 23.0 Å². The van der Waals surface area contributed by atoms with E-state index in [-0.39, 0.29) is 45.9 Å². The minimum absolute atomic E-state index is 0.0763. The number of carbonyl (C=O) groups excluding carboxylic acids is 3. The summed E-state index contributed by atoms with van der Waals surface area (Å²) in [6, 6.07) is 4.46. The predicted molar refractivity (Wildman–Crippen MR) is 107 cm³/mol. The number of fused-ring (bicyclic) bond motifs is 5. The van der Waals surface area contributed by atoms with Crippen molar-refractivity contribution in [1.29, 1.82) is 0 Å². The Morgan fingerprint density at radius 2 is 1.45 bits per heavy atom. The van der Waals surface area contributed by atoms with E-state index in [1.165, 1.54) is 19.1 Å². The van der Waals surface area contributed by atoms with Crippen molar-refractivity contribution in [3.05, 3.63) is 57.6 Å². The van der Waals surface area contributed by atoms with Crippen molar-refractivity contribution in [3.63, 3.8) is 0 Å². The molecular weight excluding hydrogens is 404 g/mol. The van der Waals surface area contributed by atoms with Gasteiger partial charge in [0.25, 0.3) is 0 Å². The number of Topliss-reactive ketones (excluding diaryl/α,β-unsaturated/α-hetero) is 1. The Morgan fingerprint density at radius 1 is 0.774 bits per heavy atom. The summed E-state index contributed by atoms with van der Waals surface area (Å²) in [5, 5.41) is 51.6.